The summed E-state index contributed by atoms with van der Waals surface area (Å²) >= 11 is 0. The van der Waals surface area contributed by atoms with E-state index in [2.05, 4.69) is 10.6 Å². The number of carbonyl (C=O) groups is 5. The van der Waals surface area contributed by atoms with E-state index in [0.717, 1.165) is 5.56 Å². The van der Waals surface area contributed by atoms with Crippen LogP contribution in [0.3, 0.4) is 0 Å². The van der Waals surface area contributed by atoms with Gasteiger partial charge in [0, 0.05) is 30.3 Å². The van der Waals surface area contributed by atoms with Gasteiger partial charge in [-0.15, -0.1) is 0 Å². The van der Waals surface area contributed by atoms with Crippen LogP contribution in [-0.2, 0) is 34.1 Å². The molecule has 1 atom stereocenters. The van der Waals surface area contributed by atoms with Gasteiger partial charge in [0.2, 0.25) is 17.5 Å². The maximum Gasteiger partial charge on any atom is 0.313 e. The number of ketones is 1. The number of para-hydroxylation sites is 1. The van der Waals surface area contributed by atoms with Crippen LogP contribution in [0.1, 0.15) is 66.4 Å². The van der Waals surface area contributed by atoms with Crippen molar-refractivity contribution in [1.29, 1.82) is 0 Å². The fourth-order valence-electron chi connectivity index (χ4n) is 4.98. The standard InChI is InChI=1S/C34H41F4N3O7/c1-19(2)17-47-26(43)16-24(25(42)18-48-29-27(37)21(35)15-22(36)28(29)38)40-32(46)34(6)11-13-41(14-12-34)31(45)30(44)39-23-10-8-7-9-20(23)33(3,4)5/h7-10,15,19,24H,11-14,16-18H2,1-6H3,(H,39,44)(H,40,46)/t24-/m0/s1. The van der Waals surface area contributed by atoms with Gasteiger partial charge in [-0.3, -0.25) is 24.0 Å². The number of piperidine rings is 1. The van der Waals surface area contributed by atoms with E-state index >= 15 is 0 Å². The molecule has 10 nitrogen and oxygen atoms in total. The number of nitrogens with zero attached hydrogens (tertiary/aromatic N) is 1. The van der Waals surface area contributed by atoms with Crippen molar-refractivity contribution in [3.05, 3.63) is 59.2 Å². The van der Waals surface area contributed by atoms with Crippen molar-refractivity contribution in [2.45, 2.75) is 72.3 Å². The smallest absolute Gasteiger partial charge is 0.313 e. The van der Waals surface area contributed by atoms with Crippen molar-refractivity contribution in [2.24, 2.45) is 11.3 Å². The van der Waals surface area contributed by atoms with Crippen molar-refractivity contribution in [3.8, 4) is 5.75 Å². The predicted molar refractivity (Wildman–Crippen MR) is 167 cm³/mol. The molecule has 1 fully saturated rings. The Bertz CT molecular complexity index is 1520. The number of halogens is 4. The fourth-order valence-corrected chi connectivity index (χ4v) is 4.98. The summed E-state index contributed by atoms with van der Waals surface area (Å²) in [5.74, 6) is -12.9. The maximum absolute atomic E-state index is 14.1. The third-order valence-corrected chi connectivity index (χ3v) is 7.95. The van der Waals surface area contributed by atoms with Gasteiger partial charge >= 0.3 is 17.8 Å². The van der Waals surface area contributed by atoms with E-state index in [9.17, 15) is 41.5 Å². The zero-order chi connectivity index (χ0) is 36.0. The number of amides is 3. The van der Waals surface area contributed by atoms with Gasteiger partial charge in [-0.25, -0.2) is 8.78 Å². The van der Waals surface area contributed by atoms with Crippen LogP contribution in [0, 0.1) is 34.6 Å². The highest BCUT2D eigenvalue weighted by Gasteiger charge is 2.41. The first-order valence-electron chi connectivity index (χ1n) is 15.5. The third-order valence-electron chi connectivity index (χ3n) is 7.95. The molecule has 3 amide bonds. The fraction of sp³-hybridized carbons (Fsp3) is 0.500. The van der Waals surface area contributed by atoms with Crippen LogP contribution in [-0.4, -0.2) is 66.7 Å². The zero-order valence-corrected chi connectivity index (χ0v) is 27.8. The van der Waals surface area contributed by atoms with Crippen LogP contribution in [0.5, 0.6) is 5.75 Å². The number of hydrogen-bond donors (Lipinski definition) is 2. The molecular weight excluding hydrogens is 638 g/mol. The number of hydrogen-bond acceptors (Lipinski definition) is 7. The first-order valence-corrected chi connectivity index (χ1v) is 15.5. The van der Waals surface area contributed by atoms with Gasteiger partial charge < -0.3 is 25.0 Å². The van der Waals surface area contributed by atoms with Crippen molar-refractivity contribution in [1.82, 2.24) is 10.2 Å². The molecule has 0 radical (unpaired) electrons. The maximum atomic E-state index is 14.1. The van der Waals surface area contributed by atoms with E-state index in [-0.39, 0.29) is 49.9 Å². The van der Waals surface area contributed by atoms with Crippen LogP contribution in [0.4, 0.5) is 23.2 Å². The molecule has 0 aliphatic carbocycles. The molecule has 262 valence electrons. The van der Waals surface area contributed by atoms with Crippen LogP contribution in [0.2, 0.25) is 0 Å². The SMILES string of the molecule is CC(C)COC(=O)C[C@H](NC(=O)C1(C)CCN(C(=O)C(=O)Nc2ccccc2C(C)(C)C)CC1)C(=O)COc1c(F)c(F)cc(F)c1F. The van der Waals surface area contributed by atoms with Gasteiger partial charge in [-0.05, 0) is 35.8 Å². The minimum atomic E-state index is -1.86. The number of nitrogens with one attached hydrogen (secondary N) is 2. The number of benzene rings is 2. The molecule has 0 spiro atoms. The first-order chi connectivity index (χ1) is 22.3. The highest BCUT2D eigenvalue weighted by Crippen LogP contribution is 2.33. The van der Waals surface area contributed by atoms with Crippen LogP contribution in [0.15, 0.2) is 30.3 Å². The van der Waals surface area contributed by atoms with Crippen LogP contribution >= 0.6 is 0 Å². The van der Waals surface area contributed by atoms with Gasteiger partial charge in [-0.1, -0.05) is 59.7 Å². The van der Waals surface area contributed by atoms with Crippen LogP contribution < -0.4 is 15.4 Å². The van der Waals surface area contributed by atoms with Crippen molar-refractivity contribution in [3.63, 3.8) is 0 Å². The molecule has 3 rings (SSSR count). The molecule has 0 unspecified atom stereocenters. The van der Waals surface area contributed by atoms with Gasteiger partial charge in [0.05, 0.1) is 13.0 Å². The molecule has 0 saturated carbocycles. The molecule has 1 aliphatic heterocycles. The summed E-state index contributed by atoms with van der Waals surface area (Å²) < 4.78 is 65.3. The number of Topliss-reactive ketones (excluding diaryl/α,β-unsaturated/α-hetero) is 1. The number of likely N-dealkylation sites (tertiary alicyclic amines) is 1. The molecule has 1 heterocycles. The largest absolute Gasteiger partial charge is 0.479 e. The molecule has 2 N–H and O–H groups in total. The lowest BCUT2D eigenvalue weighted by Gasteiger charge is -2.38. The predicted octanol–water partition coefficient (Wildman–Crippen LogP) is 4.83. The van der Waals surface area contributed by atoms with Gasteiger partial charge in [0.25, 0.3) is 0 Å². The van der Waals surface area contributed by atoms with Crippen molar-refractivity contribution in [2.75, 3.05) is 31.6 Å². The van der Waals surface area contributed by atoms with E-state index in [1.807, 2.05) is 32.9 Å². The Labute approximate surface area is 276 Å². The van der Waals surface area contributed by atoms with Gasteiger partial charge in [0.1, 0.15) is 12.6 Å². The molecule has 1 saturated heterocycles. The van der Waals surface area contributed by atoms with E-state index in [0.29, 0.717) is 5.69 Å². The number of ether oxygens (including phenoxy) is 2. The van der Waals surface area contributed by atoms with E-state index in [1.165, 1.54) is 4.90 Å². The number of anilines is 1. The average Bonchev–Trinajstić information content (AvgIpc) is 3.02. The summed E-state index contributed by atoms with van der Waals surface area (Å²) in [4.78, 5) is 66.3. The van der Waals surface area contributed by atoms with Gasteiger partial charge in [-0.2, -0.15) is 8.78 Å². The molecule has 2 aromatic carbocycles. The summed E-state index contributed by atoms with van der Waals surface area (Å²) in [5.41, 5.74) is -0.107. The molecule has 1 aliphatic rings. The first kappa shape index (κ1) is 38.0. The summed E-state index contributed by atoms with van der Waals surface area (Å²) in [6.45, 7) is 9.98. The average molecular weight is 680 g/mol. The third kappa shape index (κ3) is 9.54. The van der Waals surface area contributed by atoms with Crippen LogP contribution in [0.25, 0.3) is 0 Å². The second-order valence-corrected chi connectivity index (χ2v) is 13.5. The highest BCUT2D eigenvalue weighted by molar-refractivity contribution is 6.39. The zero-order valence-electron chi connectivity index (χ0n) is 27.8. The molecule has 48 heavy (non-hydrogen) atoms. The normalized spacial score (nSPS) is 15.0. The Kier molecular flexibility index (Phi) is 12.3. The monoisotopic (exact) mass is 679 g/mol. The lowest BCUT2D eigenvalue weighted by atomic mass is 9.79. The lowest BCUT2D eigenvalue weighted by Crippen LogP contribution is -2.54. The summed E-state index contributed by atoms with van der Waals surface area (Å²) in [6.07, 6.45) is -0.491. The van der Waals surface area contributed by atoms with Gasteiger partial charge in [0.15, 0.2) is 23.2 Å². The Morgan fingerprint density at radius 2 is 1.54 bits per heavy atom. The molecule has 0 bridgehead atoms. The second-order valence-electron chi connectivity index (χ2n) is 13.5. The van der Waals surface area contributed by atoms with E-state index < -0.39 is 83.0 Å². The minimum absolute atomic E-state index is 0.0140. The summed E-state index contributed by atoms with van der Waals surface area (Å²) in [5, 5.41) is 5.14. The quantitative estimate of drug-likeness (QED) is 0.151. The van der Waals surface area contributed by atoms with E-state index in [1.54, 1.807) is 32.9 Å². The number of carbonyl (C=O) groups excluding carboxylic acids is 5. The minimum Gasteiger partial charge on any atom is -0.479 e. The Morgan fingerprint density at radius 1 is 0.958 bits per heavy atom. The Hall–Kier alpha value is -4.49. The second kappa shape index (κ2) is 15.6. The topological polar surface area (TPSA) is 131 Å². The number of esters is 1. The lowest BCUT2D eigenvalue weighted by molar-refractivity contribution is -0.149. The number of rotatable bonds is 11. The summed E-state index contributed by atoms with van der Waals surface area (Å²) in [6, 6.07) is 5.52. The van der Waals surface area contributed by atoms with Crippen molar-refractivity contribution >= 4 is 35.2 Å². The summed E-state index contributed by atoms with van der Waals surface area (Å²) in [7, 11) is 0. The highest BCUT2D eigenvalue weighted by atomic mass is 19.2. The molecule has 2 aromatic rings. The Morgan fingerprint density at radius 3 is 2.10 bits per heavy atom. The molecule has 0 aromatic heterocycles. The Balaban J connectivity index is 1.68. The van der Waals surface area contributed by atoms with Crippen molar-refractivity contribution < 1.29 is 51.0 Å². The molecule has 14 heteroatoms. The van der Waals surface area contributed by atoms with E-state index in [4.69, 9.17) is 9.47 Å². The molecular formula is C34H41F4N3O7.